The van der Waals surface area contributed by atoms with Gasteiger partial charge in [-0.2, -0.15) is 0 Å². The third-order valence-corrected chi connectivity index (χ3v) is 6.33. The molecule has 3 aromatic heterocycles. The molecule has 1 aromatic carbocycles. The standard InChI is InChI=1S/C22H17FN4O3S/c1-12-18-21(26-16-3-2-10-27(16)22(18)29)31-19(12)20(28)25-14-6-9-17(24-11-14)30-15-7-4-13(23)5-8-15/h4-9,11H,2-3,10H2,1H3,(H,25,28). The van der Waals surface area contributed by atoms with Gasteiger partial charge in [-0.1, -0.05) is 0 Å². The Bertz CT molecular complexity index is 1360. The first-order chi connectivity index (χ1) is 15.0. The fraction of sp³-hybridized carbons (Fsp3) is 0.182. The number of carbonyl (C=O) groups is 1. The number of hydrogen-bond donors (Lipinski definition) is 1. The van der Waals surface area contributed by atoms with Gasteiger partial charge in [0.25, 0.3) is 11.5 Å². The van der Waals surface area contributed by atoms with Crippen molar-refractivity contribution < 1.29 is 13.9 Å². The Kier molecular flexibility index (Phi) is 4.74. The van der Waals surface area contributed by atoms with Gasteiger partial charge < -0.3 is 10.1 Å². The van der Waals surface area contributed by atoms with Crippen molar-refractivity contribution in [3.63, 3.8) is 0 Å². The quantitative estimate of drug-likeness (QED) is 0.516. The van der Waals surface area contributed by atoms with Gasteiger partial charge in [0.1, 0.15) is 22.2 Å². The van der Waals surface area contributed by atoms with Crippen LogP contribution in [0.3, 0.4) is 0 Å². The molecule has 0 spiro atoms. The molecule has 31 heavy (non-hydrogen) atoms. The van der Waals surface area contributed by atoms with Crippen LogP contribution in [-0.4, -0.2) is 20.4 Å². The lowest BCUT2D eigenvalue weighted by atomic mass is 10.2. The number of halogens is 1. The molecule has 0 fully saturated rings. The van der Waals surface area contributed by atoms with Crippen LogP contribution in [0.15, 0.2) is 47.4 Å². The van der Waals surface area contributed by atoms with Gasteiger partial charge >= 0.3 is 0 Å². The highest BCUT2D eigenvalue weighted by atomic mass is 32.1. The minimum Gasteiger partial charge on any atom is -0.439 e. The van der Waals surface area contributed by atoms with Gasteiger partial charge in [-0.25, -0.2) is 14.4 Å². The Hall–Kier alpha value is -3.59. The number of rotatable bonds is 4. The molecule has 0 unspecified atom stereocenters. The summed E-state index contributed by atoms with van der Waals surface area (Å²) in [7, 11) is 0. The Balaban J connectivity index is 1.36. The molecule has 156 valence electrons. The van der Waals surface area contributed by atoms with Crippen molar-refractivity contribution >= 4 is 33.1 Å². The van der Waals surface area contributed by atoms with Crippen LogP contribution in [0.2, 0.25) is 0 Å². The highest BCUT2D eigenvalue weighted by Gasteiger charge is 2.23. The third-order valence-electron chi connectivity index (χ3n) is 5.15. The summed E-state index contributed by atoms with van der Waals surface area (Å²) >= 11 is 1.23. The minimum absolute atomic E-state index is 0.0748. The summed E-state index contributed by atoms with van der Waals surface area (Å²) in [4.78, 5) is 35.5. The lowest BCUT2D eigenvalue weighted by Crippen LogP contribution is -2.20. The summed E-state index contributed by atoms with van der Waals surface area (Å²) in [5.74, 6) is 0.884. The Morgan fingerprint density at radius 3 is 2.77 bits per heavy atom. The number of carbonyl (C=O) groups excluding carboxylic acids is 1. The van der Waals surface area contributed by atoms with Crippen molar-refractivity contribution in [3.8, 4) is 11.6 Å². The summed E-state index contributed by atoms with van der Waals surface area (Å²) in [5.41, 5.74) is 1.05. The molecule has 4 heterocycles. The average Bonchev–Trinajstić information content (AvgIpc) is 3.36. The van der Waals surface area contributed by atoms with Crippen LogP contribution in [0.5, 0.6) is 11.6 Å². The molecule has 9 heteroatoms. The van der Waals surface area contributed by atoms with Crippen LogP contribution in [0.1, 0.15) is 27.5 Å². The van der Waals surface area contributed by atoms with Gasteiger partial charge in [0.15, 0.2) is 0 Å². The van der Waals surface area contributed by atoms with E-state index in [0.29, 0.717) is 44.5 Å². The monoisotopic (exact) mass is 436 g/mol. The van der Waals surface area contributed by atoms with E-state index < -0.39 is 0 Å². The molecule has 5 rings (SSSR count). The molecule has 1 N–H and O–H groups in total. The number of aromatic nitrogens is 3. The van der Waals surface area contributed by atoms with Crippen LogP contribution in [0.4, 0.5) is 10.1 Å². The van der Waals surface area contributed by atoms with Crippen molar-refractivity contribution in [2.45, 2.75) is 26.3 Å². The van der Waals surface area contributed by atoms with E-state index >= 15 is 0 Å². The van der Waals surface area contributed by atoms with E-state index in [1.165, 1.54) is 41.8 Å². The number of fused-ring (bicyclic) bond motifs is 2. The van der Waals surface area contributed by atoms with Crippen molar-refractivity contribution in [1.29, 1.82) is 0 Å². The molecule has 0 radical (unpaired) electrons. The molecule has 0 saturated carbocycles. The van der Waals surface area contributed by atoms with E-state index in [0.717, 1.165) is 18.7 Å². The summed E-state index contributed by atoms with van der Waals surface area (Å²) in [6, 6.07) is 8.87. The number of ether oxygens (including phenoxy) is 1. The number of benzene rings is 1. The fourth-order valence-corrected chi connectivity index (χ4v) is 4.70. The van der Waals surface area contributed by atoms with Crippen molar-refractivity contribution in [2.75, 3.05) is 5.32 Å². The number of amides is 1. The van der Waals surface area contributed by atoms with Crippen LogP contribution < -0.4 is 15.6 Å². The first kappa shape index (κ1) is 19.4. The second kappa shape index (κ2) is 7.59. The van der Waals surface area contributed by atoms with Gasteiger partial charge in [0.2, 0.25) is 5.88 Å². The maximum Gasteiger partial charge on any atom is 0.266 e. The van der Waals surface area contributed by atoms with Gasteiger partial charge in [-0.15, -0.1) is 11.3 Å². The van der Waals surface area contributed by atoms with Gasteiger partial charge in [-0.05, 0) is 49.2 Å². The minimum atomic E-state index is -0.350. The van der Waals surface area contributed by atoms with Crippen molar-refractivity contribution in [1.82, 2.24) is 14.5 Å². The van der Waals surface area contributed by atoms with E-state index in [1.807, 2.05) is 0 Å². The maximum absolute atomic E-state index is 13.0. The van der Waals surface area contributed by atoms with E-state index in [4.69, 9.17) is 4.74 Å². The number of thiophene rings is 1. The number of anilines is 1. The second-order valence-electron chi connectivity index (χ2n) is 7.22. The summed E-state index contributed by atoms with van der Waals surface area (Å²) < 4.78 is 20.2. The zero-order valence-electron chi connectivity index (χ0n) is 16.5. The first-order valence-corrected chi connectivity index (χ1v) is 10.5. The van der Waals surface area contributed by atoms with Crippen molar-refractivity contribution in [3.05, 3.63) is 75.0 Å². The van der Waals surface area contributed by atoms with Crippen molar-refractivity contribution in [2.24, 2.45) is 0 Å². The van der Waals surface area contributed by atoms with Crippen LogP contribution in [0.25, 0.3) is 10.2 Å². The Morgan fingerprint density at radius 1 is 1.23 bits per heavy atom. The third kappa shape index (κ3) is 3.57. The highest BCUT2D eigenvalue weighted by Crippen LogP contribution is 2.29. The predicted octanol–water partition coefficient (Wildman–Crippen LogP) is 4.29. The largest absolute Gasteiger partial charge is 0.439 e. The predicted molar refractivity (Wildman–Crippen MR) is 116 cm³/mol. The number of aryl methyl sites for hydroxylation is 2. The number of nitrogens with one attached hydrogen (secondary N) is 1. The average molecular weight is 436 g/mol. The van der Waals surface area contributed by atoms with E-state index in [1.54, 1.807) is 23.6 Å². The molecular weight excluding hydrogens is 419 g/mol. The van der Waals surface area contributed by atoms with Crippen LogP contribution >= 0.6 is 11.3 Å². The molecule has 0 bridgehead atoms. The van der Waals surface area contributed by atoms with Crippen LogP contribution in [-0.2, 0) is 13.0 Å². The molecule has 1 amide bonds. The van der Waals surface area contributed by atoms with E-state index in [2.05, 4.69) is 15.3 Å². The smallest absolute Gasteiger partial charge is 0.266 e. The first-order valence-electron chi connectivity index (χ1n) is 9.73. The maximum atomic E-state index is 13.0. The zero-order valence-corrected chi connectivity index (χ0v) is 17.3. The molecule has 1 aliphatic heterocycles. The second-order valence-corrected chi connectivity index (χ2v) is 8.22. The topological polar surface area (TPSA) is 86.1 Å². The van der Waals surface area contributed by atoms with E-state index in [-0.39, 0.29) is 17.3 Å². The SMILES string of the molecule is Cc1c(C(=O)Nc2ccc(Oc3ccc(F)cc3)nc2)sc2nc3n(c(=O)c12)CCC3. The molecule has 1 aliphatic rings. The summed E-state index contributed by atoms with van der Waals surface area (Å²) in [5, 5.41) is 3.32. The summed E-state index contributed by atoms with van der Waals surface area (Å²) in [6.45, 7) is 2.45. The molecule has 4 aromatic rings. The Morgan fingerprint density at radius 2 is 2.03 bits per heavy atom. The highest BCUT2D eigenvalue weighted by molar-refractivity contribution is 7.20. The normalized spacial score (nSPS) is 12.7. The van der Waals surface area contributed by atoms with Gasteiger partial charge in [0, 0.05) is 19.0 Å². The molecular formula is C22H17FN4O3S. The zero-order chi connectivity index (χ0) is 21.5. The fourth-order valence-electron chi connectivity index (χ4n) is 3.62. The lowest BCUT2D eigenvalue weighted by molar-refractivity contribution is 0.103. The van der Waals surface area contributed by atoms with Gasteiger partial charge in [-0.3, -0.25) is 14.2 Å². The summed E-state index contributed by atoms with van der Waals surface area (Å²) in [6.07, 6.45) is 3.17. The van der Waals surface area contributed by atoms with E-state index in [9.17, 15) is 14.0 Å². The molecule has 0 atom stereocenters. The molecule has 7 nitrogen and oxygen atoms in total. The van der Waals surface area contributed by atoms with Crippen LogP contribution in [0, 0.1) is 12.7 Å². The molecule has 0 saturated heterocycles. The number of hydrogen-bond acceptors (Lipinski definition) is 6. The lowest BCUT2D eigenvalue weighted by Gasteiger charge is -2.07. The Labute approximate surface area is 180 Å². The van der Waals surface area contributed by atoms with Gasteiger partial charge in [0.05, 0.1) is 22.1 Å². The number of pyridine rings is 1. The molecule has 0 aliphatic carbocycles. The number of nitrogens with zero attached hydrogens (tertiary/aromatic N) is 3.